The number of hydrogen-bond acceptors (Lipinski definition) is 5. The van der Waals surface area contributed by atoms with Gasteiger partial charge in [0.25, 0.3) is 0 Å². The van der Waals surface area contributed by atoms with E-state index in [9.17, 15) is 0 Å². The van der Waals surface area contributed by atoms with Crippen molar-refractivity contribution in [3.8, 4) is 0 Å². The lowest BCUT2D eigenvalue weighted by molar-refractivity contribution is -0.0214. The van der Waals surface area contributed by atoms with Crippen LogP contribution in [0.2, 0.25) is 0 Å². The molecule has 1 aliphatic rings. The van der Waals surface area contributed by atoms with Crippen molar-refractivity contribution < 1.29 is 22.4 Å². The van der Waals surface area contributed by atoms with Crippen molar-refractivity contribution in [3.63, 3.8) is 0 Å². The lowest BCUT2D eigenvalue weighted by Crippen LogP contribution is -2.47. The maximum atomic E-state index is 5.25. The second-order valence-corrected chi connectivity index (χ2v) is 4.45. The number of epoxide rings is 1. The Morgan fingerprint density at radius 3 is 1.91 bits per heavy atom. The molecule has 11 heavy (non-hydrogen) atoms. The Balaban J connectivity index is 2.39. The molecule has 1 unspecified atom stereocenters. The molecule has 1 fully saturated rings. The molecule has 0 aromatic carbocycles. The molecular weight excluding hydrogens is 168 g/mol. The van der Waals surface area contributed by atoms with Gasteiger partial charge >= 0.3 is 9.05 Å². The Hall–Kier alpha value is 0.0169. The summed E-state index contributed by atoms with van der Waals surface area (Å²) < 4.78 is 25.0. The van der Waals surface area contributed by atoms with E-state index in [4.69, 9.17) is 22.4 Å². The zero-order valence-corrected chi connectivity index (χ0v) is 7.83. The van der Waals surface area contributed by atoms with Gasteiger partial charge < -0.3 is 22.4 Å². The Kier molecular flexibility index (Phi) is 2.99. The van der Waals surface area contributed by atoms with Crippen LogP contribution in [0.1, 0.15) is 0 Å². The average molecular weight is 180 g/mol. The van der Waals surface area contributed by atoms with E-state index in [1.807, 2.05) is 0 Å². The van der Waals surface area contributed by atoms with E-state index in [0.717, 1.165) is 0 Å². The van der Waals surface area contributed by atoms with Crippen LogP contribution in [-0.2, 0) is 22.4 Å². The summed E-state index contributed by atoms with van der Waals surface area (Å²) in [5.41, 5.74) is 0. The third-order valence-corrected chi connectivity index (χ3v) is 3.38. The largest absolute Gasteiger partial charge is 0.680 e. The first-order valence-corrected chi connectivity index (χ1v) is 4.84. The van der Waals surface area contributed by atoms with E-state index in [1.165, 1.54) is 21.3 Å². The first-order chi connectivity index (χ1) is 5.26. The zero-order valence-electron chi connectivity index (χ0n) is 6.83. The molecule has 0 radical (unpaired) electrons. The molecule has 1 saturated heterocycles. The number of ether oxygens (including phenoxy) is 1. The predicted molar refractivity (Wildman–Crippen MR) is 37.6 cm³/mol. The summed E-state index contributed by atoms with van der Waals surface area (Å²) >= 11 is 0. The molecular formula is C5H12O5Si. The first kappa shape index (κ1) is 9.11. The lowest BCUT2D eigenvalue weighted by atomic mass is 10.9. The van der Waals surface area contributed by atoms with Gasteiger partial charge in [0.05, 0.1) is 0 Å². The fourth-order valence-corrected chi connectivity index (χ4v) is 1.91. The van der Waals surface area contributed by atoms with Crippen molar-refractivity contribution in [2.45, 2.75) is 6.29 Å². The quantitative estimate of drug-likeness (QED) is 0.431. The van der Waals surface area contributed by atoms with Crippen LogP contribution in [0.3, 0.4) is 0 Å². The molecule has 0 aromatic heterocycles. The standard InChI is InChI=1S/C5H12O5Si/c1-6-11(7-2,8-3)10-5-4-9-5/h5H,4H2,1-3H3. The second kappa shape index (κ2) is 3.61. The molecule has 5 nitrogen and oxygen atoms in total. The van der Waals surface area contributed by atoms with Gasteiger partial charge in [-0.3, -0.25) is 0 Å². The SMILES string of the molecule is CO[Si](OC)(OC)OC1CO1. The molecule has 0 amide bonds. The van der Waals surface area contributed by atoms with Crippen LogP contribution in [0.15, 0.2) is 0 Å². The molecule has 0 aromatic rings. The monoisotopic (exact) mass is 180 g/mol. The average Bonchev–Trinajstić information content (AvgIpc) is 2.84. The van der Waals surface area contributed by atoms with Gasteiger partial charge in [-0.25, -0.2) is 0 Å². The molecule has 1 aliphatic heterocycles. The maximum Gasteiger partial charge on any atom is 0.680 e. The molecule has 0 saturated carbocycles. The Morgan fingerprint density at radius 2 is 1.64 bits per heavy atom. The Morgan fingerprint density at radius 1 is 1.18 bits per heavy atom. The van der Waals surface area contributed by atoms with Crippen LogP contribution in [0.4, 0.5) is 0 Å². The summed E-state index contributed by atoms with van der Waals surface area (Å²) in [6.45, 7) is 0.588. The minimum absolute atomic E-state index is 0.207. The van der Waals surface area contributed by atoms with Gasteiger partial charge in [-0.1, -0.05) is 0 Å². The van der Waals surface area contributed by atoms with Crippen LogP contribution in [0.5, 0.6) is 0 Å². The van der Waals surface area contributed by atoms with E-state index >= 15 is 0 Å². The number of rotatable bonds is 5. The zero-order chi connectivity index (χ0) is 8.32. The summed E-state index contributed by atoms with van der Waals surface area (Å²) in [7, 11) is 1.62. The maximum absolute atomic E-state index is 5.25. The molecule has 1 heterocycles. The third kappa shape index (κ3) is 2.22. The minimum atomic E-state index is -2.84. The minimum Gasteiger partial charge on any atom is -0.355 e. The summed E-state index contributed by atoms with van der Waals surface area (Å²) in [5.74, 6) is 0. The molecule has 6 heteroatoms. The van der Waals surface area contributed by atoms with Gasteiger partial charge in [-0.05, 0) is 0 Å². The van der Waals surface area contributed by atoms with Gasteiger partial charge in [0.1, 0.15) is 6.61 Å². The van der Waals surface area contributed by atoms with Crippen LogP contribution in [0, 0.1) is 0 Å². The van der Waals surface area contributed by atoms with Crippen molar-refractivity contribution >= 4 is 9.05 Å². The van der Waals surface area contributed by atoms with Crippen molar-refractivity contribution in [1.29, 1.82) is 0 Å². The molecule has 1 rings (SSSR count). The fourth-order valence-electron chi connectivity index (χ4n) is 0.663. The summed E-state index contributed by atoms with van der Waals surface area (Å²) in [6, 6.07) is 0. The topological polar surface area (TPSA) is 49.5 Å². The van der Waals surface area contributed by atoms with Gasteiger partial charge in [0, 0.05) is 21.3 Å². The highest BCUT2D eigenvalue weighted by atomic mass is 28.4. The van der Waals surface area contributed by atoms with Crippen LogP contribution < -0.4 is 0 Å². The highest BCUT2D eigenvalue weighted by Crippen LogP contribution is 2.18. The molecule has 1 atom stereocenters. The van der Waals surface area contributed by atoms with Gasteiger partial charge in [0.2, 0.25) is 0 Å². The normalized spacial score (nSPS) is 23.7. The second-order valence-electron chi connectivity index (χ2n) is 1.99. The highest BCUT2D eigenvalue weighted by molar-refractivity contribution is 6.53. The fraction of sp³-hybridized carbons (Fsp3) is 1.00. The number of hydrogen-bond donors (Lipinski definition) is 0. The van der Waals surface area contributed by atoms with E-state index < -0.39 is 9.05 Å². The lowest BCUT2D eigenvalue weighted by Gasteiger charge is -2.21. The molecule has 0 bridgehead atoms. The van der Waals surface area contributed by atoms with E-state index in [-0.39, 0.29) is 6.29 Å². The van der Waals surface area contributed by atoms with Crippen molar-refractivity contribution in [3.05, 3.63) is 0 Å². The van der Waals surface area contributed by atoms with Crippen molar-refractivity contribution in [1.82, 2.24) is 0 Å². The Labute approximate surface area is 66.6 Å². The van der Waals surface area contributed by atoms with E-state index in [2.05, 4.69) is 0 Å². The van der Waals surface area contributed by atoms with Gasteiger partial charge in [-0.2, -0.15) is 0 Å². The molecule has 0 spiro atoms. The van der Waals surface area contributed by atoms with E-state index in [1.54, 1.807) is 0 Å². The Bertz CT molecular complexity index is 114. The molecule has 66 valence electrons. The van der Waals surface area contributed by atoms with Crippen LogP contribution >= 0.6 is 0 Å². The predicted octanol–water partition coefficient (Wildman–Crippen LogP) is -0.266. The van der Waals surface area contributed by atoms with Crippen molar-refractivity contribution in [2.75, 3.05) is 27.9 Å². The van der Waals surface area contributed by atoms with Crippen LogP contribution in [0.25, 0.3) is 0 Å². The van der Waals surface area contributed by atoms with Gasteiger partial charge in [-0.15, -0.1) is 0 Å². The van der Waals surface area contributed by atoms with Crippen molar-refractivity contribution in [2.24, 2.45) is 0 Å². The summed E-state index contributed by atoms with van der Waals surface area (Å²) in [4.78, 5) is 0. The smallest absolute Gasteiger partial charge is 0.355 e. The highest BCUT2D eigenvalue weighted by Gasteiger charge is 2.48. The summed E-state index contributed by atoms with van der Waals surface area (Å²) in [6.07, 6.45) is -0.207. The molecule has 0 N–H and O–H groups in total. The summed E-state index contributed by atoms with van der Waals surface area (Å²) in [5, 5.41) is 0. The van der Waals surface area contributed by atoms with Crippen LogP contribution in [-0.4, -0.2) is 43.3 Å². The van der Waals surface area contributed by atoms with Gasteiger partial charge in [0.15, 0.2) is 6.29 Å². The van der Waals surface area contributed by atoms with E-state index in [0.29, 0.717) is 6.61 Å². The third-order valence-electron chi connectivity index (χ3n) is 1.33. The molecule has 0 aliphatic carbocycles. The first-order valence-electron chi connectivity index (χ1n) is 3.21.